The number of carbonyl (C=O) groups excluding carboxylic acids is 2. The Balaban J connectivity index is 2.07. The number of nitro benzene ring substituents is 1. The number of carbonyl (C=O) groups is 2. The van der Waals surface area contributed by atoms with Gasteiger partial charge in [-0.1, -0.05) is 13.8 Å². The molecule has 6 heteroatoms. The van der Waals surface area contributed by atoms with E-state index in [1.54, 1.807) is 18.3 Å². The zero-order valence-electron chi connectivity index (χ0n) is 12.9. The molecule has 1 aromatic heterocycles. The summed E-state index contributed by atoms with van der Waals surface area (Å²) in [5, 5.41) is 11.5. The topological polar surface area (TPSA) is 93.1 Å². The van der Waals surface area contributed by atoms with Crippen molar-refractivity contribution in [2.75, 3.05) is 0 Å². The molecular formula is C17H16N2O4. The molecule has 0 bridgehead atoms. The van der Waals surface area contributed by atoms with E-state index >= 15 is 0 Å². The molecule has 0 spiro atoms. The number of fused-ring (bicyclic) bond motifs is 1. The Morgan fingerprint density at radius 2 is 1.87 bits per heavy atom. The van der Waals surface area contributed by atoms with E-state index in [-0.39, 0.29) is 28.2 Å². The minimum absolute atomic E-state index is 0.0285. The number of hydrogen-bond acceptors (Lipinski definition) is 4. The number of ketones is 2. The van der Waals surface area contributed by atoms with Gasteiger partial charge in [-0.25, -0.2) is 0 Å². The molecule has 1 saturated carbocycles. The molecule has 3 rings (SSSR count). The number of benzene rings is 1. The van der Waals surface area contributed by atoms with Crippen molar-refractivity contribution in [2.24, 2.45) is 5.41 Å². The van der Waals surface area contributed by atoms with Gasteiger partial charge in [0.15, 0.2) is 11.6 Å². The van der Waals surface area contributed by atoms with Crippen LogP contribution in [-0.2, 0) is 9.59 Å². The first kappa shape index (κ1) is 15.1. The Morgan fingerprint density at radius 3 is 2.48 bits per heavy atom. The average Bonchev–Trinajstić information content (AvgIpc) is 2.84. The summed E-state index contributed by atoms with van der Waals surface area (Å²) >= 11 is 0. The van der Waals surface area contributed by atoms with E-state index in [1.165, 1.54) is 12.1 Å². The first-order chi connectivity index (χ1) is 10.8. The third-order valence-electron chi connectivity index (χ3n) is 4.09. The molecule has 0 unspecified atom stereocenters. The van der Waals surface area contributed by atoms with Crippen LogP contribution in [0.5, 0.6) is 0 Å². The highest BCUT2D eigenvalue weighted by Gasteiger charge is 2.35. The highest BCUT2D eigenvalue weighted by Crippen LogP contribution is 2.35. The van der Waals surface area contributed by atoms with Crippen molar-refractivity contribution < 1.29 is 14.5 Å². The molecule has 6 nitrogen and oxygen atoms in total. The number of rotatable bonds is 2. The molecule has 1 aliphatic rings. The fourth-order valence-electron chi connectivity index (χ4n) is 2.96. The van der Waals surface area contributed by atoms with Crippen molar-refractivity contribution >= 4 is 34.2 Å². The summed E-state index contributed by atoms with van der Waals surface area (Å²) in [6.45, 7) is 3.79. The Bertz CT molecular complexity index is 852. The minimum atomic E-state index is -0.469. The van der Waals surface area contributed by atoms with Crippen molar-refractivity contribution in [3.63, 3.8) is 0 Å². The third-order valence-corrected chi connectivity index (χ3v) is 4.09. The van der Waals surface area contributed by atoms with Gasteiger partial charge in [0, 0.05) is 47.6 Å². The van der Waals surface area contributed by atoms with Gasteiger partial charge in [0.05, 0.1) is 10.5 Å². The molecule has 0 radical (unpaired) electrons. The second-order valence-corrected chi connectivity index (χ2v) is 6.65. The lowest BCUT2D eigenvalue weighted by Gasteiger charge is -2.28. The summed E-state index contributed by atoms with van der Waals surface area (Å²) in [7, 11) is 0. The molecule has 2 aromatic rings. The predicted molar refractivity (Wildman–Crippen MR) is 86.0 cm³/mol. The van der Waals surface area contributed by atoms with E-state index in [2.05, 4.69) is 4.98 Å². The van der Waals surface area contributed by atoms with E-state index < -0.39 is 4.92 Å². The second kappa shape index (κ2) is 5.15. The zero-order chi connectivity index (χ0) is 16.8. The van der Waals surface area contributed by atoms with E-state index in [1.807, 2.05) is 13.8 Å². The molecule has 0 saturated heterocycles. The van der Waals surface area contributed by atoms with Gasteiger partial charge in [0.1, 0.15) is 0 Å². The van der Waals surface area contributed by atoms with E-state index in [9.17, 15) is 19.7 Å². The number of nitro groups is 1. The number of non-ortho nitro benzene ring substituents is 1. The summed E-state index contributed by atoms with van der Waals surface area (Å²) in [5.41, 5.74) is 1.17. The lowest BCUT2D eigenvalue weighted by Crippen LogP contribution is -2.31. The van der Waals surface area contributed by atoms with Gasteiger partial charge >= 0.3 is 0 Å². The summed E-state index contributed by atoms with van der Waals surface area (Å²) in [5.74, 6) is -0.350. The molecule has 0 amide bonds. The summed E-state index contributed by atoms with van der Waals surface area (Å²) in [6, 6.07) is 4.47. The van der Waals surface area contributed by atoms with Gasteiger partial charge in [-0.15, -0.1) is 0 Å². The smallest absolute Gasteiger partial charge is 0.270 e. The molecule has 0 atom stereocenters. The molecule has 23 heavy (non-hydrogen) atoms. The van der Waals surface area contributed by atoms with Crippen LogP contribution in [0.15, 0.2) is 30.0 Å². The van der Waals surface area contributed by atoms with Gasteiger partial charge in [-0.05, 0) is 17.6 Å². The standard InChI is InChI=1S/C17H16N2O4/c1-17(2)7-15(20)13(16(21)8-17)5-10-9-18-14-4-3-11(19(22)23)6-12(10)14/h3-6,9,18H,7-8H2,1-2H3. The van der Waals surface area contributed by atoms with Crippen LogP contribution >= 0.6 is 0 Å². The maximum Gasteiger partial charge on any atom is 0.270 e. The predicted octanol–water partition coefficient (Wildman–Crippen LogP) is 3.42. The number of nitrogens with one attached hydrogen (secondary N) is 1. The lowest BCUT2D eigenvalue weighted by molar-refractivity contribution is -0.384. The lowest BCUT2D eigenvalue weighted by atomic mass is 9.74. The number of allylic oxidation sites excluding steroid dienone is 1. The molecule has 1 aliphatic carbocycles. The van der Waals surface area contributed by atoms with Crippen LogP contribution in [0.4, 0.5) is 5.69 Å². The Hall–Kier alpha value is -2.76. The Kier molecular flexibility index (Phi) is 3.39. The highest BCUT2D eigenvalue weighted by molar-refractivity contribution is 6.25. The third kappa shape index (κ3) is 2.79. The molecule has 0 aliphatic heterocycles. The summed E-state index contributed by atoms with van der Waals surface area (Å²) < 4.78 is 0. The highest BCUT2D eigenvalue weighted by atomic mass is 16.6. The fourth-order valence-corrected chi connectivity index (χ4v) is 2.96. The summed E-state index contributed by atoms with van der Waals surface area (Å²) in [6.07, 6.45) is 3.85. The van der Waals surface area contributed by atoms with Crippen LogP contribution in [0.2, 0.25) is 0 Å². The molecule has 1 heterocycles. The maximum absolute atomic E-state index is 12.3. The van der Waals surface area contributed by atoms with Crippen LogP contribution < -0.4 is 0 Å². The molecule has 118 valence electrons. The van der Waals surface area contributed by atoms with Gasteiger partial charge in [-0.2, -0.15) is 0 Å². The Morgan fingerprint density at radius 1 is 1.22 bits per heavy atom. The Labute approximate surface area is 132 Å². The average molecular weight is 312 g/mol. The summed E-state index contributed by atoms with van der Waals surface area (Å²) in [4.78, 5) is 37.9. The fraction of sp³-hybridized carbons (Fsp3) is 0.294. The number of Topliss-reactive ketones (excluding diaryl/α,β-unsaturated/α-hetero) is 2. The van der Waals surface area contributed by atoms with Crippen LogP contribution in [-0.4, -0.2) is 21.5 Å². The van der Waals surface area contributed by atoms with Crippen molar-refractivity contribution in [2.45, 2.75) is 26.7 Å². The number of aromatic amines is 1. The quantitative estimate of drug-likeness (QED) is 0.398. The minimum Gasteiger partial charge on any atom is -0.361 e. The van der Waals surface area contributed by atoms with Crippen molar-refractivity contribution in [3.05, 3.63) is 45.6 Å². The molecule has 1 aromatic carbocycles. The largest absolute Gasteiger partial charge is 0.361 e. The van der Waals surface area contributed by atoms with E-state index in [4.69, 9.17) is 0 Å². The number of aromatic nitrogens is 1. The number of hydrogen-bond donors (Lipinski definition) is 1. The molecule has 1 N–H and O–H groups in total. The van der Waals surface area contributed by atoms with Crippen LogP contribution in [0.1, 0.15) is 32.3 Å². The second-order valence-electron chi connectivity index (χ2n) is 6.65. The van der Waals surface area contributed by atoms with Crippen LogP contribution in [0.25, 0.3) is 17.0 Å². The number of H-pyrrole nitrogens is 1. The first-order valence-electron chi connectivity index (χ1n) is 7.30. The van der Waals surface area contributed by atoms with Gasteiger partial charge in [0.25, 0.3) is 5.69 Å². The van der Waals surface area contributed by atoms with Crippen molar-refractivity contribution in [3.8, 4) is 0 Å². The molecular weight excluding hydrogens is 296 g/mol. The number of nitrogens with zero attached hydrogens (tertiary/aromatic N) is 1. The van der Waals surface area contributed by atoms with Crippen molar-refractivity contribution in [1.82, 2.24) is 4.98 Å². The van der Waals surface area contributed by atoms with Crippen molar-refractivity contribution in [1.29, 1.82) is 0 Å². The van der Waals surface area contributed by atoms with Gasteiger partial charge in [0.2, 0.25) is 0 Å². The van der Waals surface area contributed by atoms with Gasteiger partial charge < -0.3 is 4.98 Å². The first-order valence-corrected chi connectivity index (χ1v) is 7.30. The maximum atomic E-state index is 12.3. The van der Waals surface area contributed by atoms with Crippen LogP contribution in [0.3, 0.4) is 0 Å². The van der Waals surface area contributed by atoms with Crippen LogP contribution in [0, 0.1) is 15.5 Å². The zero-order valence-corrected chi connectivity index (χ0v) is 12.9. The van der Waals surface area contributed by atoms with Gasteiger partial charge in [-0.3, -0.25) is 19.7 Å². The SMILES string of the molecule is CC1(C)CC(=O)C(=Cc2c[nH]c3ccc([N+](=O)[O-])cc23)C(=O)C1. The monoisotopic (exact) mass is 312 g/mol. The molecule has 1 fully saturated rings. The normalized spacial score (nSPS) is 17.6. The van der Waals surface area contributed by atoms with E-state index in [0.717, 1.165) is 5.52 Å². The van der Waals surface area contributed by atoms with E-state index in [0.29, 0.717) is 23.8 Å².